The molecule has 3 heteroatoms. The van der Waals surface area contributed by atoms with Crippen LogP contribution in [0.15, 0.2) is 0 Å². The topological polar surface area (TPSA) is 66.5 Å². The average molecular weight is 205 g/mol. The molecule has 0 aliphatic heterocycles. The number of hydrogen-bond donors (Lipinski definition) is 3. The van der Waals surface area contributed by atoms with Gasteiger partial charge in [-0.3, -0.25) is 0 Å². The number of rotatable bonds is 7. The summed E-state index contributed by atoms with van der Waals surface area (Å²) in [7, 11) is 0. The molecule has 3 nitrogen and oxygen atoms in total. The zero-order chi connectivity index (χ0) is 11.2. The summed E-state index contributed by atoms with van der Waals surface area (Å²) < 4.78 is 0. The highest BCUT2D eigenvalue weighted by Gasteiger charge is 1.86. The van der Waals surface area contributed by atoms with Gasteiger partial charge in [0.2, 0.25) is 0 Å². The summed E-state index contributed by atoms with van der Waals surface area (Å²) in [4.78, 5) is 0. The fraction of sp³-hybridized carbons (Fsp3) is 1.00. The lowest BCUT2D eigenvalue weighted by Crippen LogP contribution is -2.03. The highest BCUT2D eigenvalue weighted by atomic mass is 16.3. The van der Waals surface area contributed by atoms with Crippen LogP contribution >= 0.6 is 0 Å². The Morgan fingerprint density at radius 1 is 1.07 bits per heavy atom. The normalized spacial score (nSPS) is 11.8. The van der Waals surface area contributed by atoms with Crippen molar-refractivity contribution in [2.24, 2.45) is 5.73 Å². The van der Waals surface area contributed by atoms with E-state index in [0.29, 0.717) is 0 Å². The maximum Gasteiger partial charge on any atom is 0.0742 e. The van der Waals surface area contributed by atoms with Gasteiger partial charge in [-0.15, -0.1) is 0 Å². The fourth-order valence-electron chi connectivity index (χ4n) is 0.925. The molecule has 88 valence electrons. The van der Waals surface area contributed by atoms with E-state index < -0.39 is 6.10 Å². The first-order valence-electron chi connectivity index (χ1n) is 5.68. The summed E-state index contributed by atoms with van der Waals surface area (Å²) in [5, 5.41) is 16.0. The second kappa shape index (κ2) is 15.4. The Kier molecular flexibility index (Phi) is 17.9. The van der Waals surface area contributed by atoms with Crippen LogP contribution in [0.5, 0.6) is 0 Å². The summed E-state index contributed by atoms with van der Waals surface area (Å²) in [5.41, 5.74) is 5.34. The Bertz CT molecular complexity index is 81.4. The van der Waals surface area contributed by atoms with Gasteiger partial charge in [0.15, 0.2) is 0 Å². The van der Waals surface area contributed by atoms with Crippen LogP contribution in [0.2, 0.25) is 0 Å². The summed E-state index contributed by atoms with van der Waals surface area (Å²) in [6.07, 6.45) is 7.49. The standard InChI is InChI=1S/C8H19N.C3H8O2/c1-2-3-4-5-6-7-8-9;1-3(5)2-4/h2-9H2,1H3;3-5H,2H2,1H3. The van der Waals surface area contributed by atoms with Crippen molar-refractivity contribution in [1.82, 2.24) is 0 Å². The molecule has 0 heterocycles. The van der Waals surface area contributed by atoms with E-state index >= 15 is 0 Å². The summed E-state index contributed by atoms with van der Waals surface area (Å²) in [6.45, 7) is 4.50. The van der Waals surface area contributed by atoms with Crippen molar-refractivity contribution in [2.45, 2.75) is 58.5 Å². The van der Waals surface area contributed by atoms with Crippen molar-refractivity contribution in [1.29, 1.82) is 0 Å². The van der Waals surface area contributed by atoms with Crippen molar-refractivity contribution in [2.75, 3.05) is 13.2 Å². The van der Waals surface area contributed by atoms with Gasteiger partial charge in [0, 0.05) is 0 Å². The van der Waals surface area contributed by atoms with E-state index in [4.69, 9.17) is 15.9 Å². The molecule has 0 aromatic heterocycles. The zero-order valence-electron chi connectivity index (χ0n) is 9.71. The number of aliphatic hydroxyl groups excluding tert-OH is 2. The van der Waals surface area contributed by atoms with Crippen molar-refractivity contribution < 1.29 is 10.2 Å². The van der Waals surface area contributed by atoms with Gasteiger partial charge in [-0.2, -0.15) is 0 Å². The number of nitrogens with two attached hydrogens (primary N) is 1. The quantitative estimate of drug-likeness (QED) is 0.554. The zero-order valence-corrected chi connectivity index (χ0v) is 9.71. The molecule has 1 unspecified atom stereocenters. The minimum Gasteiger partial charge on any atom is -0.394 e. The maximum absolute atomic E-state index is 8.11. The molecule has 0 aromatic rings. The van der Waals surface area contributed by atoms with E-state index in [2.05, 4.69) is 6.92 Å². The van der Waals surface area contributed by atoms with Crippen LogP contribution < -0.4 is 5.73 Å². The minimum absolute atomic E-state index is 0.139. The van der Waals surface area contributed by atoms with E-state index in [1.54, 1.807) is 0 Å². The van der Waals surface area contributed by atoms with E-state index in [-0.39, 0.29) is 6.61 Å². The minimum atomic E-state index is -0.560. The molecule has 0 rings (SSSR count). The van der Waals surface area contributed by atoms with Crippen LogP contribution in [0.3, 0.4) is 0 Å². The van der Waals surface area contributed by atoms with Gasteiger partial charge in [-0.1, -0.05) is 39.0 Å². The largest absolute Gasteiger partial charge is 0.394 e. The first kappa shape index (κ1) is 16.3. The number of aliphatic hydroxyl groups is 2. The molecule has 0 aromatic carbocycles. The van der Waals surface area contributed by atoms with Crippen LogP contribution in [-0.4, -0.2) is 29.5 Å². The molecule has 0 aliphatic carbocycles. The second-order valence-electron chi connectivity index (χ2n) is 3.59. The average Bonchev–Trinajstić information content (AvgIpc) is 2.19. The molecule has 0 saturated carbocycles. The molecule has 0 saturated heterocycles. The molecular formula is C11H27NO2. The monoisotopic (exact) mass is 205 g/mol. The van der Waals surface area contributed by atoms with E-state index in [9.17, 15) is 0 Å². The Balaban J connectivity index is 0. The molecule has 0 radical (unpaired) electrons. The molecule has 0 spiro atoms. The molecule has 0 fully saturated rings. The second-order valence-corrected chi connectivity index (χ2v) is 3.59. The van der Waals surface area contributed by atoms with Gasteiger partial charge in [0.05, 0.1) is 12.7 Å². The predicted octanol–water partition coefficient (Wildman–Crippen LogP) is 1.67. The molecule has 14 heavy (non-hydrogen) atoms. The smallest absolute Gasteiger partial charge is 0.0742 e. The highest BCUT2D eigenvalue weighted by Crippen LogP contribution is 2.03. The molecule has 0 aliphatic rings. The summed E-state index contributed by atoms with van der Waals surface area (Å²) in [6, 6.07) is 0. The summed E-state index contributed by atoms with van der Waals surface area (Å²) in [5.74, 6) is 0. The first-order chi connectivity index (χ1) is 6.68. The molecule has 4 N–H and O–H groups in total. The Morgan fingerprint density at radius 3 is 1.86 bits per heavy atom. The predicted molar refractivity (Wildman–Crippen MR) is 61.2 cm³/mol. The summed E-state index contributed by atoms with van der Waals surface area (Å²) >= 11 is 0. The van der Waals surface area contributed by atoms with Crippen LogP contribution in [0.25, 0.3) is 0 Å². The Labute approximate surface area is 88.3 Å². The van der Waals surface area contributed by atoms with Gasteiger partial charge in [-0.25, -0.2) is 0 Å². The van der Waals surface area contributed by atoms with Gasteiger partial charge < -0.3 is 15.9 Å². The van der Waals surface area contributed by atoms with Crippen molar-refractivity contribution >= 4 is 0 Å². The van der Waals surface area contributed by atoms with Crippen LogP contribution in [0, 0.1) is 0 Å². The van der Waals surface area contributed by atoms with Gasteiger partial charge in [0.1, 0.15) is 0 Å². The van der Waals surface area contributed by atoms with E-state index in [1.165, 1.54) is 45.4 Å². The van der Waals surface area contributed by atoms with Crippen LogP contribution in [0.1, 0.15) is 52.4 Å². The van der Waals surface area contributed by atoms with Crippen molar-refractivity contribution in [3.8, 4) is 0 Å². The SMILES string of the molecule is CC(O)CO.CCCCCCCCN. The lowest BCUT2D eigenvalue weighted by atomic mass is 10.1. The lowest BCUT2D eigenvalue weighted by Gasteiger charge is -1.96. The lowest BCUT2D eigenvalue weighted by molar-refractivity contribution is 0.110. The van der Waals surface area contributed by atoms with Crippen LogP contribution in [0.4, 0.5) is 0 Å². The van der Waals surface area contributed by atoms with Crippen LogP contribution in [-0.2, 0) is 0 Å². The third-order valence-electron chi connectivity index (χ3n) is 1.82. The Hall–Kier alpha value is -0.120. The van der Waals surface area contributed by atoms with E-state index in [0.717, 1.165) is 6.54 Å². The Morgan fingerprint density at radius 2 is 1.50 bits per heavy atom. The van der Waals surface area contributed by atoms with Gasteiger partial charge >= 0.3 is 0 Å². The van der Waals surface area contributed by atoms with Crippen molar-refractivity contribution in [3.05, 3.63) is 0 Å². The van der Waals surface area contributed by atoms with Crippen molar-refractivity contribution in [3.63, 3.8) is 0 Å². The highest BCUT2D eigenvalue weighted by molar-refractivity contribution is 4.43. The third-order valence-corrected chi connectivity index (χ3v) is 1.82. The number of hydrogen-bond acceptors (Lipinski definition) is 3. The molecule has 0 amide bonds. The maximum atomic E-state index is 8.11. The first-order valence-corrected chi connectivity index (χ1v) is 5.68. The fourth-order valence-corrected chi connectivity index (χ4v) is 0.925. The third kappa shape index (κ3) is 22.6. The van der Waals surface area contributed by atoms with E-state index in [1.807, 2.05) is 0 Å². The van der Waals surface area contributed by atoms with Gasteiger partial charge in [-0.05, 0) is 19.9 Å². The van der Waals surface area contributed by atoms with Gasteiger partial charge in [0.25, 0.3) is 0 Å². The molecular weight excluding hydrogens is 178 g/mol. The molecule has 1 atom stereocenters. The molecule has 0 bridgehead atoms. The number of unbranched alkanes of at least 4 members (excludes halogenated alkanes) is 5.